The lowest BCUT2D eigenvalue weighted by Crippen LogP contribution is -2.05. The Kier molecular flexibility index (Phi) is 4.96. The lowest BCUT2D eigenvalue weighted by atomic mass is 9.86. The molecule has 0 radical (unpaired) electrons. The minimum atomic E-state index is 1.01. The van der Waals surface area contributed by atoms with Crippen molar-refractivity contribution in [1.29, 1.82) is 0 Å². The lowest BCUT2D eigenvalue weighted by molar-refractivity contribution is 0.334. The Morgan fingerprint density at radius 2 is 2.12 bits per heavy atom. The van der Waals surface area contributed by atoms with E-state index >= 15 is 0 Å². The van der Waals surface area contributed by atoms with Gasteiger partial charge in [0, 0.05) is 6.42 Å². The molecule has 0 spiro atoms. The zero-order chi connectivity index (χ0) is 11.1. The summed E-state index contributed by atoms with van der Waals surface area (Å²) in [6.45, 7) is 0. The average molecular weight is 232 g/mol. The van der Waals surface area contributed by atoms with Gasteiger partial charge < -0.3 is 0 Å². The van der Waals surface area contributed by atoms with Crippen molar-refractivity contribution in [3.05, 3.63) is 22.4 Å². The van der Waals surface area contributed by atoms with E-state index in [1.807, 2.05) is 0 Å². The summed E-state index contributed by atoms with van der Waals surface area (Å²) in [4.78, 5) is 1.21. The molecule has 1 aliphatic rings. The van der Waals surface area contributed by atoms with Crippen molar-refractivity contribution in [2.75, 3.05) is 0 Å². The third-order valence-electron chi connectivity index (χ3n) is 3.37. The van der Waals surface area contributed by atoms with E-state index < -0.39 is 0 Å². The number of unbranched alkanes of at least 4 members (excludes halogenated alkanes) is 1. The minimum Gasteiger partial charge on any atom is -0.135 e. The van der Waals surface area contributed by atoms with Gasteiger partial charge in [-0.05, 0) is 30.2 Å². The third-order valence-corrected chi connectivity index (χ3v) is 4.16. The molecule has 0 aliphatic heterocycles. The molecule has 0 nitrogen and oxygen atoms in total. The molecule has 1 aromatic rings. The van der Waals surface area contributed by atoms with E-state index in [1.165, 1.54) is 49.8 Å². The largest absolute Gasteiger partial charge is 0.135 e. The van der Waals surface area contributed by atoms with E-state index in [-0.39, 0.29) is 0 Å². The molecule has 1 heterocycles. The fraction of sp³-hybridized carbons (Fsp3) is 0.600. The highest BCUT2D eigenvalue weighted by atomic mass is 32.1. The molecule has 1 aromatic heterocycles. The Labute approximate surface area is 103 Å². The Morgan fingerprint density at radius 1 is 1.25 bits per heavy atom. The van der Waals surface area contributed by atoms with Crippen LogP contribution in [0.15, 0.2) is 17.5 Å². The predicted molar refractivity (Wildman–Crippen MR) is 71.6 cm³/mol. The number of rotatable bonds is 3. The highest BCUT2D eigenvalue weighted by Crippen LogP contribution is 2.27. The molecule has 0 N–H and O–H groups in total. The maximum atomic E-state index is 3.29. The Morgan fingerprint density at radius 3 is 2.88 bits per heavy atom. The van der Waals surface area contributed by atoms with Gasteiger partial charge in [-0.1, -0.05) is 50.0 Å². The number of thiophene rings is 1. The third kappa shape index (κ3) is 4.02. The summed E-state index contributed by atoms with van der Waals surface area (Å²) in [5.41, 5.74) is 0. The summed E-state index contributed by atoms with van der Waals surface area (Å²) < 4.78 is 0. The van der Waals surface area contributed by atoms with Crippen LogP contribution in [0.3, 0.4) is 0 Å². The van der Waals surface area contributed by atoms with Gasteiger partial charge in [0.15, 0.2) is 0 Å². The summed E-state index contributed by atoms with van der Waals surface area (Å²) in [6.07, 6.45) is 11.1. The molecule has 1 saturated carbocycles. The summed E-state index contributed by atoms with van der Waals surface area (Å²) in [6, 6.07) is 4.16. The van der Waals surface area contributed by atoms with Gasteiger partial charge in [-0.15, -0.1) is 11.3 Å². The van der Waals surface area contributed by atoms with Gasteiger partial charge in [-0.3, -0.25) is 0 Å². The van der Waals surface area contributed by atoms with Gasteiger partial charge in [0.25, 0.3) is 0 Å². The van der Waals surface area contributed by atoms with Gasteiger partial charge in [0.05, 0.1) is 4.88 Å². The quantitative estimate of drug-likeness (QED) is 0.516. The van der Waals surface area contributed by atoms with E-state index in [9.17, 15) is 0 Å². The van der Waals surface area contributed by atoms with Gasteiger partial charge in [0.1, 0.15) is 0 Å². The first-order valence-electron chi connectivity index (χ1n) is 6.47. The molecule has 0 unspecified atom stereocenters. The zero-order valence-corrected chi connectivity index (χ0v) is 10.7. The zero-order valence-electron chi connectivity index (χ0n) is 9.87. The average Bonchev–Trinajstić information content (AvgIpc) is 2.83. The molecule has 0 bridgehead atoms. The molecular weight excluding hydrogens is 212 g/mol. The van der Waals surface area contributed by atoms with Gasteiger partial charge >= 0.3 is 0 Å². The van der Waals surface area contributed by atoms with Crippen LogP contribution in [-0.4, -0.2) is 0 Å². The SMILES string of the molecule is C(#Cc1cccs1)CCCC1CCCCC1. The van der Waals surface area contributed by atoms with Crippen LogP contribution in [0.2, 0.25) is 0 Å². The molecule has 1 fully saturated rings. The highest BCUT2D eigenvalue weighted by Gasteiger charge is 2.11. The van der Waals surface area contributed by atoms with Crippen molar-refractivity contribution in [2.24, 2.45) is 5.92 Å². The van der Waals surface area contributed by atoms with E-state index in [0.29, 0.717) is 0 Å². The van der Waals surface area contributed by atoms with Gasteiger partial charge in [-0.2, -0.15) is 0 Å². The highest BCUT2D eigenvalue weighted by molar-refractivity contribution is 7.10. The van der Waals surface area contributed by atoms with Crippen molar-refractivity contribution in [2.45, 2.75) is 51.4 Å². The van der Waals surface area contributed by atoms with Crippen molar-refractivity contribution in [3.63, 3.8) is 0 Å². The summed E-state index contributed by atoms with van der Waals surface area (Å²) in [5, 5.41) is 2.09. The molecule has 0 atom stereocenters. The minimum absolute atomic E-state index is 1.01. The molecule has 0 saturated heterocycles. The Balaban J connectivity index is 1.61. The Hall–Kier alpha value is -0.740. The van der Waals surface area contributed by atoms with Crippen molar-refractivity contribution < 1.29 is 0 Å². The first-order chi connectivity index (χ1) is 7.95. The normalized spacial score (nSPS) is 16.8. The van der Waals surface area contributed by atoms with Crippen LogP contribution in [0, 0.1) is 17.8 Å². The second-order valence-electron chi connectivity index (χ2n) is 4.68. The fourth-order valence-electron chi connectivity index (χ4n) is 2.45. The second-order valence-corrected chi connectivity index (χ2v) is 5.62. The van der Waals surface area contributed by atoms with Crippen LogP contribution in [0.25, 0.3) is 0 Å². The monoisotopic (exact) mass is 232 g/mol. The fourth-order valence-corrected chi connectivity index (χ4v) is 3.05. The summed E-state index contributed by atoms with van der Waals surface area (Å²) in [5.74, 6) is 7.53. The van der Waals surface area contributed by atoms with E-state index in [2.05, 4.69) is 29.4 Å². The van der Waals surface area contributed by atoms with Gasteiger partial charge in [0.2, 0.25) is 0 Å². The van der Waals surface area contributed by atoms with Crippen LogP contribution in [-0.2, 0) is 0 Å². The molecular formula is C15H20S. The maximum Gasteiger partial charge on any atom is 0.0768 e. The standard InChI is InChI=1S/C15H20S/c1-3-8-14(9-4-1)10-5-2-6-11-15-12-7-13-16-15/h7,12-14H,1-5,8-10H2. The maximum absolute atomic E-state index is 3.29. The molecule has 0 aromatic carbocycles. The van der Waals surface area contributed by atoms with Crippen molar-refractivity contribution in [1.82, 2.24) is 0 Å². The summed E-state index contributed by atoms with van der Waals surface area (Å²) in [7, 11) is 0. The van der Waals surface area contributed by atoms with Gasteiger partial charge in [-0.25, -0.2) is 0 Å². The Bertz CT molecular complexity index is 333. The lowest BCUT2D eigenvalue weighted by Gasteiger charge is -2.20. The second kappa shape index (κ2) is 6.76. The van der Waals surface area contributed by atoms with E-state index in [1.54, 1.807) is 11.3 Å². The van der Waals surface area contributed by atoms with Crippen LogP contribution in [0.5, 0.6) is 0 Å². The van der Waals surface area contributed by atoms with E-state index in [0.717, 1.165) is 12.3 Å². The van der Waals surface area contributed by atoms with Crippen LogP contribution >= 0.6 is 11.3 Å². The van der Waals surface area contributed by atoms with Crippen LogP contribution < -0.4 is 0 Å². The van der Waals surface area contributed by atoms with E-state index in [4.69, 9.17) is 0 Å². The molecule has 1 heteroatoms. The number of hydrogen-bond donors (Lipinski definition) is 0. The van der Waals surface area contributed by atoms with Crippen molar-refractivity contribution >= 4 is 11.3 Å². The first-order valence-corrected chi connectivity index (χ1v) is 7.35. The molecule has 86 valence electrons. The number of hydrogen-bond acceptors (Lipinski definition) is 1. The molecule has 0 amide bonds. The predicted octanol–water partition coefficient (Wildman–Crippen LogP) is 4.85. The summed E-state index contributed by atoms with van der Waals surface area (Å²) >= 11 is 1.74. The van der Waals surface area contributed by atoms with Crippen molar-refractivity contribution in [3.8, 4) is 11.8 Å². The molecule has 2 rings (SSSR count). The molecule has 1 aliphatic carbocycles. The molecule has 16 heavy (non-hydrogen) atoms. The smallest absolute Gasteiger partial charge is 0.0768 e. The van der Waals surface area contributed by atoms with Crippen LogP contribution in [0.4, 0.5) is 0 Å². The first kappa shape index (κ1) is 11.7. The van der Waals surface area contributed by atoms with Crippen LogP contribution in [0.1, 0.15) is 56.2 Å². The topological polar surface area (TPSA) is 0 Å².